The zero-order valence-electron chi connectivity index (χ0n) is 10.6. The van der Waals surface area contributed by atoms with Crippen molar-refractivity contribution >= 4 is 5.82 Å². The molecular formula is C13H15FN4O. The van der Waals surface area contributed by atoms with Gasteiger partial charge in [0.2, 0.25) is 5.88 Å². The molecule has 6 heteroatoms. The summed E-state index contributed by atoms with van der Waals surface area (Å²) >= 11 is 0. The van der Waals surface area contributed by atoms with Crippen LogP contribution in [-0.4, -0.2) is 9.97 Å². The topological polar surface area (TPSA) is 73.1 Å². The Kier molecular flexibility index (Phi) is 4.25. The van der Waals surface area contributed by atoms with Crippen LogP contribution in [0.2, 0.25) is 0 Å². The quantitative estimate of drug-likeness (QED) is 0.640. The highest BCUT2D eigenvalue weighted by atomic mass is 19.1. The molecule has 0 aliphatic rings. The molecule has 2 aromatic rings. The van der Waals surface area contributed by atoms with E-state index < -0.39 is 0 Å². The molecule has 1 aromatic carbocycles. The van der Waals surface area contributed by atoms with Crippen molar-refractivity contribution < 1.29 is 9.13 Å². The van der Waals surface area contributed by atoms with Gasteiger partial charge in [0.25, 0.3) is 0 Å². The van der Waals surface area contributed by atoms with Crippen molar-refractivity contribution in [1.29, 1.82) is 0 Å². The number of nitrogens with one attached hydrogen (secondary N) is 1. The molecule has 3 N–H and O–H groups in total. The fraction of sp³-hybridized carbons (Fsp3) is 0.231. The van der Waals surface area contributed by atoms with Crippen LogP contribution >= 0.6 is 0 Å². The van der Waals surface area contributed by atoms with E-state index in [-0.39, 0.29) is 5.82 Å². The summed E-state index contributed by atoms with van der Waals surface area (Å²) in [5.41, 5.74) is 2.46. The Bertz CT molecular complexity index is 562. The SMILES string of the molecule is CCCc1nc(NN)cc(Oc2cccc(F)c2)n1. The zero-order chi connectivity index (χ0) is 13.7. The third-order valence-corrected chi connectivity index (χ3v) is 2.39. The van der Waals surface area contributed by atoms with E-state index >= 15 is 0 Å². The molecule has 2 rings (SSSR count). The molecule has 100 valence electrons. The molecule has 0 saturated heterocycles. The van der Waals surface area contributed by atoms with Crippen molar-refractivity contribution in [2.75, 3.05) is 5.43 Å². The molecule has 5 nitrogen and oxygen atoms in total. The van der Waals surface area contributed by atoms with Gasteiger partial charge in [0.05, 0.1) is 0 Å². The van der Waals surface area contributed by atoms with Crippen LogP contribution in [0.1, 0.15) is 19.2 Å². The molecule has 1 heterocycles. The smallest absolute Gasteiger partial charge is 0.224 e. The number of halogens is 1. The molecule has 0 fully saturated rings. The summed E-state index contributed by atoms with van der Waals surface area (Å²) < 4.78 is 18.6. The van der Waals surface area contributed by atoms with Crippen molar-refractivity contribution in [3.63, 3.8) is 0 Å². The normalized spacial score (nSPS) is 10.3. The number of nitrogens with two attached hydrogens (primary N) is 1. The molecule has 0 aliphatic carbocycles. The first-order valence-electron chi connectivity index (χ1n) is 5.99. The predicted molar refractivity (Wildman–Crippen MR) is 70.3 cm³/mol. The van der Waals surface area contributed by atoms with Gasteiger partial charge in [-0.1, -0.05) is 13.0 Å². The van der Waals surface area contributed by atoms with Crippen LogP contribution in [0.3, 0.4) is 0 Å². The molecule has 19 heavy (non-hydrogen) atoms. The van der Waals surface area contributed by atoms with Gasteiger partial charge >= 0.3 is 0 Å². The summed E-state index contributed by atoms with van der Waals surface area (Å²) in [6, 6.07) is 7.42. The number of aromatic nitrogens is 2. The number of hydrazine groups is 1. The third kappa shape index (κ3) is 3.62. The van der Waals surface area contributed by atoms with E-state index in [4.69, 9.17) is 10.6 Å². The zero-order valence-corrected chi connectivity index (χ0v) is 10.6. The van der Waals surface area contributed by atoms with Crippen LogP contribution < -0.4 is 16.0 Å². The van der Waals surface area contributed by atoms with Crippen molar-refractivity contribution in [3.05, 3.63) is 42.0 Å². The summed E-state index contributed by atoms with van der Waals surface area (Å²) in [7, 11) is 0. The molecule has 0 aliphatic heterocycles. The van der Waals surface area contributed by atoms with Gasteiger partial charge in [0.15, 0.2) is 0 Å². The van der Waals surface area contributed by atoms with Gasteiger partial charge in [-0.25, -0.2) is 15.2 Å². The van der Waals surface area contributed by atoms with E-state index in [2.05, 4.69) is 15.4 Å². The van der Waals surface area contributed by atoms with E-state index in [1.54, 1.807) is 18.2 Å². The van der Waals surface area contributed by atoms with Gasteiger partial charge in [-0.3, -0.25) is 0 Å². The van der Waals surface area contributed by atoms with Crippen molar-refractivity contribution in [2.24, 2.45) is 5.84 Å². The highest BCUT2D eigenvalue weighted by Crippen LogP contribution is 2.22. The Labute approximate surface area is 110 Å². The highest BCUT2D eigenvalue weighted by Gasteiger charge is 2.06. The lowest BCUT2D eigenvalue weighted by atomic mass is 10.3. The minimum absolute atomic E-state index is 0.331. The number of anilines is 1. The van der Waals surface area contributed by atoms with Crippen LogP contribution in [0.25, 0.3) is 0 Å². The van der Waals surface area contributed by atoms with Crippen molar-refractivity contribution in [1.82, 2.24) is 9.97 Å². The first-order valence-corrected chi connectivity index (χ1v) is 5.99. The second-order valence-corrected chi connectivity index (χ2v) is 3.96. The maximum Gasteiger partial charge on any atom is 0.224 e. The third-order valence-electron chi connectivity index (χ3n) is 2.39. The van der Waals surface area contributed by atoms with Crippen LogP contribution in [0, 0.1) is 5.82 Å². The standard InChI is InChI=1S/C13H15FN4O/c1-2-4-11-16-12(18-15)8-13(17-11)19-10-6-3-5-9(14)7-10/h3,5-8H,2,4,15H2,1H3,(H,16,17,18). The van der Waals surface area contributed by atoms with E-state index in [9.17, 15) is 4.39 Å². The first kappa shape index (κ1) is 13.2. The number of hydrogen-bond acceptors (Lipinski definition) is 5. The number of benzene rings is 1. The lowest BCUT2D eigenvalue weighted by Gasteiger charge is -2.08. The minimum atomic E-state index is -0.363. The molecule has 0 radical (unpaired) electrons. The molecule has 0 bridgehead atoms. The second-order valence-electron chi connectivity index (χ2n) is 3.96. The van der Waals surface area contributed by atoms with E-state index in [1.807, 2.05) is 6.92 Å². The maximum absolute atomic E-state index is 13.1. The summed E-state index contributed by atoms with van der Waals surface area (Å²) in [6.07, 6.45) is 1.63. The number of hydrogen-bond donors (Lipinski definition) is 2. The molecule has 1 aromatic heterocycles. The fourth-order valence-electron chi connectivity index (χ4n) is 1.59. The molecule has 0 amide bonds. The minimum Gasteiger partial charge on any atom is -0.439 e. The number of nitrogen functional groups attached to an aromatic ring is 1. The molecular weight excluding hydrogens is 247 g/mol. The lowest BCUT2D eigenvalue weighted by molar-refractivity contribution is 0.454. The van der Waals surface area contributed by atoms with Crippen molar-refractivity contribution in [3.8, 4) is 11.6 Å². The van der Waals surface area contributed by atoms with E-state index in [1.165, 1.54) is 12.1 Å². The maximum atomic E-state index is 13.1. The number of rotatable bonds is 5. The number of nitrogens with zero attached hydrogens (tertiary/aromatic N) is 2. The Morgan fingerprint density at radius 2 is 2.16 bits per heavy atom. The summed E-state index contributed by atoms with van der Waals surface area (Å²) in [4.78, 5) is 8.44. The van der Waals surface area contributed by atoms with Gasteiger partial charge in [-0.05, 0) is 18.6 Å². The Morgan fingerprint density at radius 1 is 1.32 bits per heavy atom. The van der Waals surface area contributed by atoms with E-state index in [0.29, 0.717) is 23.3 Å². The average Bonchev–Trinajstić information content (AvgIpc) is 2.39. The Morgan fingerprint density at radius 3 is 2.84 bits per heavy atom. The Hall–Kier alpha value is -2.21. The predicted octanol–water partition coefficient (Wildman–Crippen LogP) is 2.65. The van der Waals surface area contributed by atoms with Crippen LogP contribution in [0.4, 0.5) is 10.2 Å². The summed E-state index contributed by atoms with van der Waals surface area (Å²) in [5, 5.41) is 0. The van der Waals surface area contributed by atoms with Gasteiger partial charge in [-0.15, -0.1) is 0 Å². The van der Waals surface area contributed by atoms with E-state index in [0.717, 1.165) is 12.8 Å². The van der Waals surface area contributed by atoms with Crippen molar-refractivity contribution in [2.45, 2.75) is 19.8 Å². The summed E-state index contributed by atoms with van der Waals surface area (Å²) in [6.45, 7) is 2.03. The summed E-state index contributed by atoms with van der Waals surface area (Å²) in [5.74, 6) is 6.78. The van der Waals surface area contributed by atoms with Gasteiger partial charge < -0.3 is 10.2 Å². The van der Waals surface area contributed by atoms with Crippen LogP contribution in [-0.2, 0) is 6.42 Å². The van der Waals surface area contributed by atoms with Gasteiger partial charge in [-0.2, -0.15) is 4.98 Å². The lowest BCUT2D eigenvalue weighted by Crippen LogP contribution is -2.10. The highest BCUT2D eigenvalue weighted by molar-refractivity contribution is 5.39. The largest absolute Gasteiger partial charge is 0.439 e. The number of aryl methyl sites for hydroxylation is 1. The average molecular weight is 262 g/mol. The molecule has 0 atom stereocenters. The van der Waals surface area contributed by atoms with Crippen LogP contribution in [0.15, 0.2) is 30.3 Å². The molecule has 0 saturated carbocycles. The second kappa shape index (κ2) is 6.10. The van der Waals surface area contributed by atoms with Gasteiger partial charge in [0, 0.05) is 18.6 Å². The van der Waals surface area contributed by atoms with Crippen LogP contribution in [0.5, 0.6) is 11.6 Å². The molecule has 0 unspecified atom stereocenters. The molecule has 0 spiro atoms. The first-order chi connectivity index (χ1) is 9.21. The fourth-order valence-corrected chi connectivity index (χ4v) is 1.59. The monoisotopic (exact) mass is 262 g/mol. The number of ether oxygens (including phenoxy) is 1. The van der Waals surface area contributed by atoms with Gasteiger partial charge in [0.1, 0.15) is 23.2 Å². The Balaban J connectivity index is 2.26.